The average Bonchev–Trinajstić information content (AvgIpc) is 2.97. The molecule has 1 aliphatic heterocycles. The maximum absolute atomic E-state index is 13.0. The lowest BCUT2D eigenvalue weighted by atomic mass is 10.1. The van der Waals surface area contributed by atoms with Crippen molar-refractivity contribution in [2.75, 3.05) is 7.11 Å². The lowest BCUT2D eigenvalue weighted by Crippen LogP contribution is -2.34. The van der Waals surface area contributed by atoms with Gasteiger partial charge in [-0.05, 0) is 49.6 Å². The zero-order chi connectivity index (χ0) is 21.1. The van der Waals surface area contributed by atoms with Crippen LogP contribution >= 0.6 is 11.6 Å². The van der Waals surface area contributed by atoms with Gasteiger partial charge in [-0.25, -0.2) is 4.98 Å². The minimum absolute atomic E-state index is 0.131. The van der Waals surface area contributed by atoms with Crippen molar-refractivity contribution in [2.24, 2.45) is 0 Å². The summed E-state index contributed by atoms with van der Waals surface area (Å²) in [5, 5.41) is 3.47. The Morgan fingerprint density at radius 2 is 2.00 bits per heavy atom. The van der Waals surface area contributed by atoms with Crippen molar-refractivity contribution >= 4 is 17.5 Å². The van der Waals surface area contributed by atoms with Crippen molar-refractivity contribution in [3.8, 4) is 17.0 Å². The van der Waals surface area contributed by atoms with Crippen LogP contribution in [0.3, 0.4) is 0 Å². The number of hydrogen-bond donors (Lipinski definition) is 1. The topological polar surface area (TPSA) is 86.1 Å². The molecule has 1 N–H and O–H groups in total. The van der Waals surface area contributed by atoms with Gasteiger partial charge in [0.15, 0.2) is 0 Å². The Morgan fingerprint density at radius 3 is 2.77 bits per heavy atom. The van der Waals surface area contributed by atoms with Gasteiger partial charge >= 0.3 is 0 Å². The molecule has 0 saturated carbocycles. The van der Waals surface area contributed by atoms with Crippen molar-refractivity contribution in [1.29, 1.82) is 0 Å². The largest absolute Gasteiger partial charge is 0.496 e. The Balaban J connectivity index is 1.72. The molecule has 1 aromatic carbocycles. The fraction of sp³-hybridized carbons (Fsp3) is 0.273. The van der Waals surface area contributed by atoms with Crippen LogP contribution in [0.4, 0.5) is 0 Å². The molecular weight excluding hydrogens is 404 g/mol. The van der Waals surface area contributed by atoms with Crippen molar-refractivity contribution < 1.29 is 9.53 Å². The number of fused-ring (bicyclic) bond motifs is 1. The number of ether oxygens (including phenoxy) is 1. The molecule has 3 heterocycles. The predicted molar refractivity (Wildman–Crippen MR) is 114 cm³/mol. The monoisotopic (exact) mass is 424 g/mol. The number of benzene rings is 1. The summed E-state index contributed by atoms with van der Waals surface area (Å²) < 4.78 is 6.96. The van der Waals surface area contributed by atoms with Gasteiger partial charge in [0.2, 0.25) is 0 Å². The average molecular weight is 425 g/mol. The number of methoxy groups -OCH3 is 1. The highest BCUT2D eigenvalue weighted by molar-refractivity contribution is 6.31. The first kappa shape index (κ1) is 20.1. The Hall–Kier alpha value is -3.19. The van der Waals surface area contributed by atoms with Crippen molar-refractivity contribution in [3.05, 3.63) is 75.6 Å². The molecule has 2 aromatic heterocycles. The van der Waals surface area contributed by atoms with Crippen LogP contribution in [0.5, 0.6) is 5.75 Å². The van der Waals surface area contributed by atoms with Gasteiger partial charge in [0.25, 0.3) is 11.5 Å². The van der Waals surface area contributed by atoms with Gasteiger partial charge in [-0.1, -0.05) is 11.6 Å². The van der Waals surface area contributed by atoms with Crippen molar-refractivity contribution in [3.63, 3.8) is 0 Å². The van der Waals surface area contributed by atoms with E-state index in [2.05, 4.69) is 10.3 Å². The lowest BCUT2D eigenvalue weighted by Gasteiger charge is -2.20. The Kier molecular flexibility index (Phi) is 5.81. The van der Waals surface area contributed by atoms with E-state index in [1.54, 1.807) is 47.3 Å². The van der Waals surface area contributed by atoms with Crippen LogP contribution in [0.15, 0.2) is 53.6 Å². The summed E-state index contributed by atoms with van der Waals surface area (Å²) in [7, 11) is 1.50. The number of nitrogens with zero attached hydrogens (tertiary/aromatic N) is 3. The van der Waals surface area contributed by atoms with Gasteiger partial charge in [-0.2, -0.15) is 0 Å². The van der Waals surface area contributed by atoms with Crippen LogP contribution < -0.4 is 15.6 Å². The standard InChI is InChI=1S/C22H21ClN4O3/c1-30-19-6-5-15(23)12-16(19)22(29)26-17-4-2-3-11-27-20(28)13-18(25-21(17)27)14-7-9-24-10-8-14/h5-10,12-13,17H,2-4,11H2,1H3,(H,26,29). The van der Waals surface area contributed by atoms with Crippen LogP contribution in [-0.4, -0.2) is 27.6 Å². The van der Waals surface area contributed by atoms with Gasteiger partial charge < -0.3 is 10.1 Å². The molecule has 154 valence electrons. The van der Waals surface area contributed by atoms with Gasteiger partial charge in [-0.3, -0.25) is 19.1 Å². The maximum Gasteiger partial charge on any atom is 0.255 e. The van der Waals surface area contributed by atoms with E-state index >= 15 is 0 Å². The van der Waals surface area contributed by atoms with Gasteiger partial charge in [0.1, 0.15) is 11.6 Å². The van der Waals surface area contributed by atoms with Crippen LogP contribution in [0.25, 0.3) is 11.3 Å². The third kappa shape index (κ3) is 4.07. The van der Waals surface area contributed by atoms with E-state index in [1.807, 2.05) is 0 Å². The lowest BCUT2D eigenvalue weighted by molar-refractivity contribution is 0.0929. The number of hydrogen-bond acceptors (Lipinski definition) is 5. The SMILES string of the molecule is COc1ccc(Cl)cc1C(=O)NC1CCCCn2c1nc(-c1ccncc1)cc2=O. The second-order valence-corrected chi connectivity index (χ2v) is 7.53. The fourth-order valence-corrected chi connectivity index (χ4v) is 3.84. The minimum atomic E-state index is -0.404. The third-order valence-electron chi connectivity index (χ3n) is 5.16. The molecule has 8 heteroatoms. The summed E-state index contributed by atoms with van der Waals surface area (Å²) in [6.45, 7) is 0.574. The number of carbonyl (C=O) groups is 1. The Morgan fingerprint density at radius 1 is 1.20 bits per heavy atom. The van der Waals surface area contributed by atoms with Gasteiger partial charge in [-0.15, -0.1) is 0 Å². The zero-order valence-corrected chi connectivity index (χ0v) is 17.2. The highest BCUT2D eigenvalue weighted by Crippen LogP contribution is 2.27. The molecule has 1 unspecified atom stereocenters. The molecule has 4 rings (SSSR count). The number of halogens is 1. The first-order valence-corrected chi connectivity index (χ1v) is 10.1. The van der Waals surface area contributed by atoms with Crippen LogP contribution in [0, 0.1) is 0 Å². The number of amides is 1. The number of rotatable bonds is 4. The zero-order valence-electron chi connectivity index (χ0n) is 16.5. The first-order valence-electron chi connectivity index (χ1n) is 9.73. The van der Waals surface area contributed by atoms with E-state index in [1.165, 1.54) is 13.2 Å². The number of pyridine rings is 1. The molecule has 3 aromatic rings. The Labute approximate surface area is 178 Å². The predicted octanol–water partition coefficient (Wildman–Crippen LogP) is 3.62. The van der Waals surface area contributed by atoms with Crippen LogP contribution in [0.2, 0.25) is 5.02 Å². The molecule has 30 heavy (non-hydrogen) atoms. The van der Waals surface area contributed by atoms with E-state index in [0.717, 1.165) is 18.4 Å². The molecular formula is C22H21ClN4O3. The smallest absolute Gasteiger partial charge is 0.255 e. The number of aromatic nitrogens is 3. The molecule has 0 aliphatic carbocycles. The number of carbonyl (C=O) groups excluding carboxylic acids is 1. The first-order chi connectivity index (χ1) is 14.6. The molecule has 1 amide bonds. The van der Waals surface area contributed by atoms with E-state index in [-0.39, 0.29) is 11.5 Å². The second kappa shape index (κ2) is 8.67. The molecule has 1 atom stereocenters. The second-order valence-electron chi connectivity index (χ2n) is 7.09. The van der Waals surface area contributed by atoms with Gasteiger partial charge in [0, 0.05) is 35.6 Å². The highest BCUT2D eigenvalue weighted by Gasteiger charge is 2.25. The minimum Gasteiger partial charge on any atom is -0.496 e. The highest BCUT2D eigenvalue weighted by atomic mass is 35.5. The third-order valence-corrected chi connectivity index (χ3v) is 5.40. The summed E-state index contributed by atoms with van der Waals surface area (Å²) in [5.41, 5.74) is 1.58. The fourth-order valence-electron chi connectivity index (χ4n) is 3.66. The molecule has 0 saturated heterocycles. The van der Waals surface area contributed by atoms with Crippen LogP contribution in [0.1, 0.15) is 41.5 Å². The molecule has 0 fully saturated rings. The van der Waals surface area contributed by atoms with Crippen molar-refractivity contribution in [2.45, 2.75) is 31.8 Å². The quantitative estimate of drug-likeness (QED) is 0.691. The summed E-state index contributed by atoms with van der Waals surface area (Å²) in [6, 6.07) is 9.63. The Bertz CT molecular complexity index is 1130. The molecule has 0 radical (unpaired) electrons. The normalized spacial score (nSPS) is 15.7. The maximum atomic E-state index is 13.0. The summed E-state index contributed by atoms with van der Waals surface area (Å²) >= 11 is 6.08. The summed E-state index contributed by atoms with van der Waals surface area (Å²) in [5.74, 6) is 0.666. The summed E-state index contributed by atoms with van der Waals surface area (Å²) in [6.07, 6.45) is 5.71. The number of nitrogens with one attached hydrogen (secondary N) is 1. The van der Waals surface area contributed by atoms with Crippen LogP contribution in [-0.2, 0) is 6.54 Å². The van der Waals surface area contributed by atoms with E-state index in [0.29, 0.717) is 40.8 Å². The molecule has 7 nitrogen and oxygen atoms in total. The van der Waals surface area contributed by atoms with Gasteiger partial charge in [0.05, 0.1) is 24.4 Å². The molecule has 0 bridgehead atoms. The van der Waals surface area contributed by atoms with E-state index in [9.17, 15) is 9.59 Å². The summed E-state index contributed by atoms with van der Waals surface area (Å²) in [4.78, 5) is 34.6. The molecule has 1 aliphatic rings. The van der Waals surface area contributed by atoms with E-state index in [4.69, 9.17) is 21.3 Å². The van der Waals surface area contributed by atoms with E-state index < -0.39 is 6.04 Å². The van der Waals surface area contributed by atoms with Crippen molar-refractivity contribution in [1.82, 2.24) is 19.9 Å². The molecule has 0 spiro atoms.